The van der Waals surface area contributed by atoms with Gasteiger partial charge in [0.1, 0.15) is 5.70 Å². The number of halogens is 1. The lowest BCUT2D eigenvalue weighted by Gasteiger charge is -2.09. The van der Waals surface area contributed by atoms with Gasteiger partial charge < -0.3 is 10.1 Å². The molecule has 0 spiro atoms. The summed E-state index contributed by atoms with van der Waals surface area (Å²) in [4.78, 5) is 24.0. The molecular formula is C17H14BrNO3. The predicted molar refractivity (Wildman–Crippen MR) is 88.6 cm³/mol. The molecule has 0 aromatic heterocycles. The van der Waals surface area contributed by atoms with Crippen LogP contribution in [0, 0.1) is 0 Å². The number of allylic oxidation sites excluding steroid dienone is 1. The molecule has 0 saturated carbocycles. The van der Waals surface area contributed by atoms with E-state index in [1.165, 1.54) is 13.2 Å². The number of ketones is 1. The summed E-state index contributed by atoms with van der Waals surface area (Å²) >= 11 is 3.34. The molecule has 0 fully saturated rings. The number of ether oxygens (including phenoxy) is 1. The molecule has 0 radical (unpaired) electrons. The van der Waals surface area contributed by atoms with Crippen molar-refractivity contribution in [3.8, 4) is 0 Å². The van der Waals surface area contributed by atoms with Crippen LogP contribution < -0.4 is 5.32 Å². The third-order valence-electron chi connectivity index (χ3n) is 2.86. The van der Waals surface area contributed by atoms with Crippen molar-refractivity contribution in [1.29, 1.82) is 0 Å². The Balaban J connectivity index is 2.26. The minimum absolute atomic E-state index is 0.0821. The quantitative estimate of drug-likeness (QED) is 0.501. The summed E-state index contributed by atoms with van der Waals surface area (Å²) in [5, 5.41) is 2.90. The number of carbonyl (C=O) groups is 2. The summed E-state index contributed by atoms with van der Waals surface area (Å²) in [6.45, 7) is 0. The zero-order chi connectivity index (χ0) is 15.9. The van der Waals surface area contributed by atoms with Crippen molar-refractivity contribution >= 4 is 33.4 Å². The predicted octanol–water partition coefficient (Wildman–Crippen LogP) is 3.80. The highest BCUT2D eigenvalue weighted by Crippen LogP contribution is 2.16. The molecule has 0 unspecified atom stereocenters. The van der Waals surface area contributed by atoms with Crippen molar-refractivity contribution in [1.82, 2.24) is 0 Å². The van der Waals surface area contributed by atoms with Crippen molar-refractivity contribution < 1.29 is 14.3 Å². The van der Waals surface area contributed by atoms with Crippen LogP contribution >= 0.6 is 15.9 Å². The molecule has 22 heavy (non-hydrogen) atoms. The average molecular weight is 360 g/mol. The van der Waals surface area contributed by atoms with E-state index in [-0.39, 0.29) is 11.5 Å². The van der Waals surface area contributed by atoms with Gasteiger partial charge in [-0.05, 0) is 24.3 Å². The van der Waals surface area contributed by atoms with Crippen molar-refractivity contribution in [2.75, 3.05) is 12.4 Å². The third kappa shape index (κ3) is 4.30. The minimum Gasteiger partial charge on any atom is -0.464 e. The van der Waals surface area contributed by atoms with E-state index in [9.17, 15) is 9.59 Å². The van der Waals surface area contributed by atoms with Gasteiger partial charge in [0.2, 0.25) is 0 Å². The fourth-order valence-corrected chi connectivity index (χ4v) is 2.03. The van der Waals surface area contributed by atoms with Crippen LogP contribution in [0.3, 0.4) is 0 Å². The highest BCUT2D eigenvalue weighted by Gasteiger charge is 2.13. The molecule has 0 saturated heterocycles. The maximum atomic E-state index is 12.2. The molecule has 0 bridgehead atoms. The lowest BCUT2D eigenvalue weighted by molar-refractivity contribution is -0.135. The number of nitrogens with one attached hydrogen (secondary N) is 1. The van der Waals surface area contributed by atoms with Gasteiger partial charge in [0.25, 0.3) is 0 Å². The second-order valence-corrected chi connectivity index (χ2v) is 5.33. The minimum atomic E-state index is -0.604. The third-order valence-corrected chi connectivity index (χ3v) is 3.39. The number of rotatable bonds is 5. The molecule has 0 aliphatic carbocycles. The molecular weight excluding hydrogens is 346 g/mol. The lowest BCUT2D eigenvalue weighted by Crippen LogP contribution is -2.15. The van der Waals surface area contributed by atoms with E-state index in [1.807, 2.05) is 18.2 Å². The summed E-state index contributed by atoms with van der Waals surface area (Å²) in [7, 11) is 1.27. The number of hydrogen-bond acceptors (Lipinski definition) is 4. The van der Waals surface area contributed by atoms with Gasteiger partial charge in [-0.1, -0.05) is 46.3 Å². The summed E-state index contributed by atoms with van der Waals surface area (Å²) in [6, 6.07) is 16.0. The van der Waals surface area contributed by atoms with Crippen LogP contribution in [0.4, 0.5) is 5.69 Å². The van der Waals surface area contributed by atoms with Gasteiger partial charge in [0, 0.05) is 21.8 Å². The average Bonchev–Trinajstić information content (AvgIpc) is 2.56. The van der Waals surface area contributed by atoms with Crippen LogP contribution in [-0.2, 0) is 9.53 Å². The van der Waals surface area contributed by atoms with Gasteiger partial charge in [-0.15, -0.1) is 0 Å². The van der Waals surface area contributed by atoms with Crippen molar-refractivity contribution in [2.45, 2.75) is 0 Å². The standard InChI is InChI=1S/C17H14BrNO3/c1-22-17(21)15(19-14-9-7-13(18)8-10-14)11-16(20)12-5-3-2-4-6-12/h2-11,19H,1H3/b15-11+. The van der Waals surface area contributed by atoms with Crippen LogP contribution in [0.25, 0.3) is 0 Å². The van der Waals surface area contributed by atoms with E-state index >= 15 is 0 Å². The van der Waals surface area contributed by atoms with Crippen molar-refractivity contribution in [3.05, 3.63) is 76.4 Å². The molecule has 2 aromatic carbocycles. The molecule has 112 valence electrons. The Kier molecular flexibility index (Phi) is 5.49. The molecule has 0 aliphatic rings. The first-order valence-corrected chi connectivity index (χ1v) is 7.31. The highest BCUT2D eigenvalue weighted by atomic mass is 79.9. The zero-order valence-corrected chi connectivity index (χ0v) is 13.5. The molecule has 0 atom stereocenters. The van der Waals surface area contributed by atoms with Gasteiger partial charge in [-0.2, -0.15) is 0 Å². The molecule has 5 heteroatoms. The second-order valence-electron chi connectivity index (χ2n) is 4.41. The SMILES string of the molecule is COC(=O)/C(=C\C(=O)c1ccccc1)Nc1ccc(Br)cc1. The van der Waals surface area contributed by atoms with Crippen LogP contribution in [0.15, 0.2) is 70.8 Å². The monoisotopic (exact) mass is 359 g/mol. The number of benzene rings is 2. The fourth-order valence-electron chi connectivity index (χ4n) is 1.76. The first-order valence-electron chi connectivity index (χ1n) is 6.52. The Bertz CT molecular complexity index is 694. The van der Waals surface area contributed by atoms with Gasteiger partial charge in [-0.25, -0.2) is 4.79 Å². The van der Waals surface area contributed by atoms with E-state index in [4.69, 9.17) is 4.74 Å². The number of anilines is 1. The Morgan fingerprint density at radius 1 is 1.05 bits per heavy atom. The maximum absolute atomic E-state index is 12.2. The Morgan fingerprint density at radius 2 is 1.68 bits per heavy atom. The smallest absolute Gasteiger partial charge is 0.354 e. The summed E-state index contributed by atoms with van der Waals surface area (Å²) in [6.07, 6.45) is 1.24. The van der Waals surface area contributed by atoms with E-state index in [0.717, 1.165) is 4.47 Å². The van der Waals surface area contributed by atoms with Crippen molar-refractivity contribution in [3.63, 3.8) is 0 Å². The molecule has 2 aromatic rings. The number of methoxy groups -OCH3 is 1. The maximum Gasteiger partial charge on any atom is 0.354 e. The number of hydrogen-bond donors (Lipinski definition) is 1. The fraction of sp³-hybridized carbons (Fsp3) is 0.0588. The zero-order valence-electron chi connectivity index (χ0n) is 11.9. The molecule has 2 rings (SSSR count). The van der Waals surface area contributed by atoms with E-state index < -0.39 is 5.97 Å². The highest BCUT2D eigenvalue weighted by molar-refractivity contribution is 9.10. The van der Waals surface area contributed by atoms with Crippen LogP contribution in [-0.4, -0.2) is 18.9 Å². The van der Waals surface area contributed by atoms with Gasteiger partial charge in [-0.3, -0.25) is 4.79 Å². The first-order chi connectivity index (χ1) is 10.6. The van der Waals surface area contributed by atoms with Crippen LogP contribution in [0.5, 0.6) is 0 Å². The Hall–Kier alpha value is -2.40. The first kappa shape index (κ1) is 16.0. The topological polar surface area (TPSA) is 55.4 Å². The molecule has 4 nitrogen and oxygen atoms in total. The molecule has 0 aliphatic heterocycles. The van der Waals surface area contributed by atoms with Crippen molar-refractivity contribution in [2.24, 2.45) is 0 Å². The summed E-state index contributed by atoms with van der Waals surface area (Å²) in [5.74, 6) is -0.877. The van der Waals surface area contributed by atoms with E-state index in [0.29, 0.717) is 11.3 Å². The van der Waals surface area contributed by atoms with Gasteiger partial charge >= 0.3 is 5.97 Å². The molecule has 0 heterocycles. The lowest BCUT2D eigenvalue weighted by atomic mass is 10.1. The second kappa shape index (κ2) is 7.56. The normalized spacial score (nSPS) is 10.9. The Morgan fingerprint density at radius 3 is 2.27 bits per heavy atom. The van der Waals surface area contributed by atoms with E-state index in [1.54, 1.807) is 36.4 Å². The summed E-state index contributed by atoms with van der Waals surface area (Å²) < 4.78 is 5.63. The van der Waals surface area contributed by atoms with Gasteiger partial charge in [0.15, 0.2) is 5.78 Å². The number of carbonyl (C=O) groups excluding carboxylic acids is 2. The molecule has 1 N–H and O–H groups in total. The Labute approximate surface area is 136 Å². The largest absolute Gasteiger partial charge is 0.464 e. The van der Waals surface area contributed by atoms with E-state index in [2.05, 4.69) is 21.2 Å². The van der Waals surface area contributed by atoms with Crippen LogP contribution in [0.2, 0.25) is 0 Å². The number of esters is 1. The molecule has 0 amide bonds. The van der Waals surface area contributed by atoms with Gasteiger partial charge in [0.05, 0.1) is 7.11 Å². The summed E-state index contributed by atoms with van der Waals surface area (Å²) in [5.41, 5.74) is 1.26. The van der Waals surface area contributed by atoms with Crippen LogP contribution in [0.1, 0.15) is 10.4 Å².